The van der Waals surface area contributed by atoms with E-state index in [2.05, 4.69) is 0 Å². The average molecular weight is 286 g/mol. The van der Waals surface area contributed by atoms with Crippen molar-refractivity contribution in [2.75, 3.05) is 7.11 Å². The largest absolute Gasteiger partial charge is 0.497 e. The van der Waals surface area contributed by atoms with Crippen LogP contribution in [0.15, 0.2) is 42.6 Å². The molecule has 3 aromatic rings. The summed E-state index contributed by atoms with van der Waals surface area (Å²) < 4.78 is 20.3. The smallest absolute Gasteiger partial charge is 0.370 e. The number of rotatable bonds is 3. The van der Waals surface area contributed by atoms with Gasteiger partial charge in [0.2, 0.25) is 12.1 Å². The third-order valence-electron chi connectivity index (χ3n) is 3.42. The second kappa shape index (κ2) is 5.01. The average Bonchev–Trinajstić information content (AvgIpc) is 2.45. The highest BCUT2D eigenvalue weighted by Gasteiger charge is 2.17. The number of carboxylic acids is 1. The minimum absolute atomic E-state index is 0.185. The highest BCUT2D eigenvalue weighted by Crippen LogP contribution is 2.26. The predicted octanol–water partition coefficient (Wildman–Crippen LogP) is 2.51. The second-order valence-corrected chi connectivity index (χ2v) is 4.77. The Kier molecular flexibility index (Phi) is 3.17. The number of pyridine rings is 1. The Morgan fingerprint density at radius 2 is 2.05 bits per heavy atom. The summed E-state index contributed by atoms with van der Waals surface area (Å²) in [5, 5.41) is 11.4. The summed E-state index contributed by atoms with van der Waals surface area (Å²) in [4.78, 5) is 11.0. The molecule has 0 aliphatic rings. The zero-order chi connectivity index (χ0) is 15.0. The molecular formula is C16H13FNO3+. The number of nitrogens with zero attached hydrogens (tertiary/aromatic N) is 1. The summed E-state index contributed by atoms with van der Waals surface area (Å²) in [7, 11) is 1.56. The zero-order valence-electron chi connectivity index (χ0n) is 11.3. The molecule has 0 spiro atoms. The predicted molar refractivity (Wildman–Crippen MR) is 75.8 cm³/mol. The first-order valence-corrected chi connectivity index (χ1v) is 6.40. The van der Waals surface area contributed by atoms with E-state index in [1.807, 2.05) is 6.07 Å². The van der Waals surface area contributed by atoms with Crippen molar-refractivity contribution in [2.24, 2.45) is 0 Å². The van der Waals surface area contributed by atoms with E-state index in [1.165, 1.54) is 12.1 Å². The molecule has 21 heavy (non-hydrogen) atoms. The number of benzene rings is 2. The lowest BCUT2D eigenvalue weighted by Crippen LogP contribution is -2.38. The van der Waals surface area contributed by atoms with E-state index < -0.39 is 5.97 Å². The van der Waals surface area contributed by atoms with E-state index in [1.54, 1.807) is 36.1 Å². The lowest BCUT2D eigenvalue weighted by molar-refractivity contribution is -0.658. The van der Waals surface area contributed by atoms with Crippen molar-refractivity contribution >= 4 is 27.6 Å². The Labute approximate surface area is 120 Å². The van der Waals surface area contributed by atoms with Gasteiger partial charge in [0.05, 0.1) is 17.9 Å². The van der Waals surface area contributed by atoms with Gasteiger partial charge >= 0.3 is 5.97 Å². The standard InChI is InChI=1S/C16H12FNO3/c1-21-12-3-4-13-10(6-12)8-18(9-16(19)20)15-5-2-11(17)7-14(13)15/h2-8H,9H2,1H3/p+1. The topological polar surface area (TPSA) is 50.4 Å². The molecule has 0 atom stereocenters. The van der Waals surface area contributed by atoms with Crippen LogP contribution in [0.25, 0.3) is 21.7 Å². The van der Waals surface area contributed by atoms with Crippen molar-refractivity contribution < 1.29 is 23.6 Å². The Hall–Kier alpha value is -2.69. The van der Waals surface area contributed by atoms with Gasteiger partial charge in [0, 0.05) is 11.5 Å². The first-order chi connectivity index (χ1) is 10.1. The molecule has 0 fully saturated rings. The Morgan fingerprint density at radius 1 is 1.24 bits per heavy atom. The van der Waals surface area contributed by atoms with Crippen LogP contribution in [0.4, 0.5) is 4.39 Å². The number of hydrogen-bond acceptors (Lipinski definition) is 2. The van der Waals surface area contributed by atoms with Crippen LogP contribution in [0.2, 0.25) is 0 Å². The van der Waals surface area contributed by atoms with Gasteiger partial charge in [-0.1, -0.05) is 0 Å². The summed E-state index contributed by atoms with van der Waals surface area (Å²) >= 11 is 0. The van der Waals surface area contributed by atoms with Crippen molar-refractivity contribution in [3.8, 4) is 5.75 Å². The minimum atomic E-state index is -0.951. The number of methoxy groups -OCH3 is 1. The summed E-state index contributed by atoms with van der Waals surface area (Å²) in [5.41, 5.74) is 0.677. The number of carbonyl (C=O) groups is 1. The van der Waals surface area contributed by atoms with Gasteiger partial charge in [-0.2, -0.15) is 4.57 Å². The highest BCUT2D eigenvalue weighted by molar-refractivity contribution is 6.04. The van der Waals surface area contributed by atoms with Crippen LogP contribution in [0.3, 0.4) is 0 Å². The Morgan fingerprint density at radius 3 is 2.76 bits per heavy atom. The zero-order valence-corrected chi connectivity index (χ0v) is 11.3. The fourth-order valence-electron chi connectivity index (χ4n) is 2.51. The molecule has 106 valence electrons. The quantitative estimate of drug-likeness (QED) is 0.594. The fourth-order valence-corrected chi connectivity index (χ4v) is 2.51. The lowest BCUT2D eigenvalue weighted by Gasteiger charge is -2.06. The van der Waals surface area contributed by atoms with Crippen molar-refractivity contribution in [1.82, 2.24) is 0 Å². The Bertz CT molecular complexity index is 861. The minimum Gasteiger partial charge on any atom is -0.497 e. The summed E-state index contributed by atoms with van der Waals surface area (Å²) in [6.07, 6.45) is 1.74. The van der Waals surface area contributed by atoms with Crippen molar-refractivity contribution in [1.29, 1.82) is 0 Å². The maximum Gasteiger partial charge on any atom is 0.370 e. The molecule has 3 rings (SSSR count). The van der Waals surface area contributed by atoms with Crippen LogP contribution in [-0.4, -0.2) is 18.2 Å². The van der Waals surface area contributed by atoms with E-state index in [9.17, 15) is 9.18 Å². The van der Waals surface area contributed by atoms with Crippen LogP contribution >= 0.6 is 0 Å². The van der Waals surface area contributed by atoms with Gasteiger partial charge in [0.1, 0.15) is 11.6 Å². The van der Waals surface area contributed by atoms with Crippen LogP contribution in [0.5, 0.6) is 5.75 Å². The molecule has 1 N–H and O–H groups in total. The van der Waals surface area contributed by atoms with Crippen molar-refractivity contribution in [3.63, 3.8) is 0 Å². The molecule has 4 nitrogen and oxygen atoms in total. The first kappa shape index (κ1) is 13.3. The van der Waals surface area contributed by atoms with E-state index in [0.29, 0.717) is 16.7 Å². The van der Waals surface area contributed by atoms with E-state index in [0.717, 1.165) is 10.8 Å². The van der Waals surface area contributed by atoms with Gasteiger partial charge in [-0.3, -0.25) is 0 Å². The number of hydrogen-bond donors (Lipinski definition) is 1. The van der Waals surface area contributed by atoms with Gasteiger partial charge < -0.3 is 9.84 Å². The molecule has 0 aliphatic carbocycles. The van der Waals surface area contributed by atoms with Crippen LogP contribution in [-0.2, 0) is 11.3 Å². The third kappa shape index (κ3) is 2.38. The molecule has 1 aromatic heterocycles. The third-order valence-corrected chi connectivity index (χ3v) is 3.42. The number of aliphatic carboxylic acids is 1. The molecule has 0 unspecified atom stereocenters. The van der Waals surface area contributed by atoms with Crippen molar-refractivity contribution in [3.05, 3.63) is 48.4 Å². The van der Waals surface area contributed by atoms with Crippen LogP contribution in [0, 0.1) is 5.82 Å². The van der Waals surface area contributed by atoms with E-state index in [-0.39, 0.29) is 12.4 Å². The van der Waals surface area contributed by atoms with Gasteiger partial charge in [0.15, 0.2) is 6.20 Å². The number of halogens is 1. The summed E-state index contributed by atoms with van der Waals surface area (Å²) in [6.45, 7) is -0.185. The molecular weight excluding hydrogens is 273 g/mol. The van der Waals surface area contributed by atoms with Crippen LogP contribution in [0.1, 0.15) is 0 Å². The molecule has 0 saturated carbocycles. The number of fused-ring (bicyclic) bond motifs is 3. The van der Waals surface area contributed by atoms with Gasteiger partial charge in [-0.05, 0) is 30.3 Å². The molecule has 0 amide bonds. The monoisotopic (exact) mass is 286 g/mol. The normalized spacial score (nSPS) is 11.0. The lowest BCUT2D eigenvalue weighted by atomic mass is 10.1. The first-order valence-electron chi connectivity index (χ1n) is 6.40. The fraction of sp³-hybridized carbons (Fsp3) is 0.125. The van der Waals surface area contributed by atoms with Gasteiger partial charge in [-0.25, -0.2) is 9.18 Å². The summed E-state index contributed by atoms with van der Waals surface area (Å²) in [6, 6.07) is 9.79. The van der Waals surface area contributed by atoms with Gasteiger partial charge in [-0.15, -0.1) is 0 Å². The molecule has 2 aromatic carbocycles. The summed E-state index contributed by atoms with van der Waals surface area (Å²) in [5.74, 6) is -0.638. The molecule has 0 aliphatic heterocycles. The number of ether oxygens (including phenoxy) is 1. The Balaban J connectivity index is 2.40. The highest BCUT2D eigenvalue weighted by atomic mass is 19.1. The number of carboxylic acid groups (broad SMARTS) is 1. The van der Waals surface area contributed by atoms with E-state index in [4.69, 9.17) is 9.84 Å². The van der Waals surface area contributed by atoms with Gasteiger partial charge in [0.25, 0.3) is 0 Å². The maximum atomic E-state index is 13.6. The molecule has 1 heterocycles. The molecule has 0 saturated heterocycles. The maximum absolute atomic E-state index is 13.6. The number of aromatic nitrogens is 1. The SMILES string of the molecule is COc1ccc2c(c1)c[n+](CC(=O)O)c1ccc(F)cc21. The van der Waals surface area contributed by atoms with E-state index >= 15 is 0 Å². The molecule has 0 radical (unpaired) electrons. The van der Waals surface area contributed by atoms with Crippen LogP contribution < -0.4 is 9.30 Å². The second-order valence-electron chi connectivity index (χ2n) is 4.77. The molecule has 0 bridgehead atoms. The molecule has 5 heteroatoms. The van der Waals surface area contributed by atoms with Crippen molar-refractivity contribution in [2.45, 2.75) is 6.54 Å².